The molecular weight excluding hydrogens is 258 g/mol. The number of rotatable bonds is 2. The van der Waals surface area contributed by atoms with Crippen LogP contribution >= 0.6 is 0 Å². The first-order valence-corrected chi connectivity index (χ1v) is 7.33. The first-order chi connectivity index (χ1) is 9.41. The number of carbonyl (C=O) groups excluding carboxylic acids is 1. The smallest absolute Gasteiger partial charge is 0.236 e. The van der Waals surface area contributed by atoms with Crippen LogP contribution in [0.3, 0.4) is 0 Å². The van der Waals surface area contributed by atoms with Crippen molar-refractivity contribution in [3.8, 4) is 0 Å². The molecule has 2 aliphatic rings. The highest BCUT2D eigenvalue weighted by Crippen LogP contribution is 2.39. The molecule has 1 saturated heterocycles. The maximum absolute atomic E-state index is 13.0. The van der Waals surface area contributed by atoms with Crippen LogP contribution in [0.15, 0.2) is 5.16 Å². The number of hydrogen-bond acceptors (Lipinski definition) is 4. The molecule has 1 heterocycles. The van der Waals surface area contributed by atoms with Crippen molar-refractivity contribution < 1.29 is 14.7 Å². The van der Waals surface area contributed by atoms with Gasteiger partial charge in [0, 0.05) is 13.1 Å². The zero-order chi connectivity index (χ0) is 14.8. The maximum Gasteiger partial charge on any atom is 0.236 e. The van der Waals surface area contributed by atoms with Gasteiger partial charge in [-0.3, -0.25) is 4.79 Å². The highest BCUT2D eigenvalue weighted by Gasteiger charge is 2.47. The highest BCUT2D eigenvalue weighted by atomic mass is 16.5. The summed E-state index contributed by atoms with van der Waals surface area (Å²) in [6.45, 7) is 5.60. The summed E-state index contributed by atoms with van der Waals surface area (Å²) in [4.78, 5) is 14.8. The molecule has 0 spiro atoms. The molecule has 2 fully saturated rings. The zero-order valence-corrected chi connectivity index (χ0v) is 12.4. The quantitative estimate of drug-likeness (QED) is 0.346. The van der Waals surface area contributed by atoms with Crippen LogP contribution in [-0.2, 0) is 9.53 Å². The standard InChI is InChI=1S/C14H25N3O3/c1-13(2)10-17(8-9-20-13)12(18)14(11(15)16-19)6-4-3-5-7-14/h19H,3-10H2,1-2H3,(H2,15,16). The molecule has 0 aromatic heterocycles. The molecule has 1 aliphatic heterocycles. The normalized spacial score (nSPS) is 26.3. The zero-order valence-electron chi connectivity index (χ0n) is 12.4. The van der Waals surface area contributed by atoms with Crippen LogP contribution in [0.25, 0.3) is 0 Å². The van der Waals surface area contributed by atoms with Gasteiger partial charge >= 0.3 is 0 Å². The van der Waals surface area contributed by atoms with Gasteiger partial charge in [-0.05, 0) is 26.7 Å². The second-order valence-electron chi connectivity index (χ2n) is 6.46. The second kappa shape index (κ2) is 5.60. The average Bonchev–Trinajstić information content (AvgIpc) is 2.45. The molecule has 3 N–H and O–H groups in total. The minimum absolute atomic E-state index is 0.0103. The lowest BCUT2D eigenvalue weighted by molar-refractivity contribution is -0.154. The molecule has 6 nitrogen and oxygen atoms in total. The molecule has 114 valence electrons. The molecule has 1 aliphatic carbocycles. The molecule has 20 heavy (non-hydrogen) atoms. The predicted octanol–water partition coefficient (Wildman–Crippen LogP) is 1.32. The maximum atomic E-state index is 13.0. The lowest BCUT2D eigenvalue weighted by Crippen LogP contribution is -2.58. The summed E-state index contributed by atoms with van der Waals surface area (Å²) in [6, 6.07) is 0. The van der Waals surface area contributed by atoms with E-state index < -0.39 is 5.41 Å². The third kappa shape index (κ3) is 2.75. The third-order valence-electron chi connectivity index (χ3n) is 4.43. The molecule has 0 unspecified atom stereocenters. The van der Waals surface area contributed by atoms with Gasteiger partial charge in [0.1, 0.15) is 5.41 Å². The Bertz CT molecular complexity index is 400. The van der Waals surface area contributed by atoms with Crippen molar-refractivity contribution in [2.45, 2.75) is 51.6 Å². The predicted molar refractivity (Wildman–Crippen MR) is 75.5 cm³/mol. The van der Waals surface area contributed by atoms with Crippen molar-refractivity contribution >= 4 is 11.7 Å². The topological polar surface area (TPSA) is 88.2 Å². The largest absolute Gasteiger partial charge is 0.409 e. The Morgan fingerprint density at radius 2 is 1.95 bits per heavy atom. The van der Waals surface area contributed by atoms with E-state index in [9.17, 15) is 4.79 Å². The molecule has 0 aromatic rings. The molecule has 1 amide bonds. The van der Waals surface area contributed by atoms with Crippen LogP contribution < -0.4 is 5.73 Å². The molecule has 1 saturated carbocycles. The van der Waals surface area contributed by atoms with Gasteiger partial charge in [0.25, 0.3) is 0 Å². The number of morpholine rings is 1. The summed E-state index contributed by atoms with van der Waals surface area (Å²) in [5.41, 5.74) is 4.72. The fourth-order valence-electron chi connectivity index (χ4n) is 3.32. The van der Waals surface area contributed by atoms with Crippen molar-refractivity contribution in [3.05, 3.63) is 0 Å². The summed E-state index contributed by atoms with van der Waals surface area (Å²) >= 11 is 0. The van der Waals surface area contributed by atoms with Gasteiger partial charge in [-0.1, -0.05) is 24.4 Å². The Morgan fingerprint density at radius 1 is 1.30 bits per heavy atom. The number of amidine groups is 1. The molecular formula is C14H25N3O3. The molecule has 0 atom stereocenters. The van der Waals surface area contributed by atoms with Crippen molar-refractivity contribution in [2.75, 3.05) is 19.7 Å². The highest BCUT2D eigenvalue weighted by molar-refractivity contribution is 6.06. The number of carbonyl (C=O) groups is 1. The Labute approximate surface area is 119 Å². The van der Waals surface area contributed by atoms with Crippen LogP contribution in [0, 0.1) is 5.41 Å². The first kappa shape index (κ1) is 15.1. The van der Waals surface area contributed by atoms with E-state index in [0.29, 0.717) is 32.5 Å². The number of hydrogen-bond donors (Lipinski definition) is 2. The number of ether oxygens (including phenoxy) is 1. The molecule has 2 rings (SSSR count). The van der Waals surface area contributed by atoms with Crippen LogP contribution in [0.5, 0.6) is 0 Å². The summed E-state index contributed by atoms with van der Waals surface area (Å²) in [5.74, 6) is 0.0513. The number of oxime groups is 1. The van der Waals surface area contributed by atoms with E-state index >= 15 is 0 Å². The Hall–Kier alpha value is -1.30. The molecule has 0 aromatic carbocycles. The SMILES string of the molecule is CC1(C)CN(C(=O)C2(C(N)=NO)CCCCC2)CCO1. The summed E-state index contributed by atoms with van der Waals surface area (Å²) in [5, 5.41) is 12.2. The van der Waals surface area contributed by atoms with E-state index in [-0.39, 0.29) is 17.3 Å². The monoisotopic (exact) mass is 283 g/mol. The van der Waals surface area contributed by atoms with Crippen LogP contribution in [0.2, 0.25) is 0 Å². The minimum Gasteiger partial charge on any atom is -0.409 e. The number of nitrogens with two attached hydrogens (primary N) is 1. The first-order valence-electron chi connectivity index (χ1n) is 7.33. The van der Waals surface area contributed by atoms with Gasteiger partial charge in [0.05, 0.1) is 12.2 Å². The molecule has 6 heteroatoms. The van der Waals surface area contributed by atoms with Gasteiger partial charge in [-0.25, -0.2) is 0 Å². The summed E-state index contributed by atoms with van der Waals surface area (Å²) in [6.07, 6.45) is 4.31. The summed E-state index contributed by atoms with van der Waals surface area (Å²) < 4.78 is 5.65. The van der Waals surface area contributed by atoms with E-state index in [1.165, 1.54) is 0 Å². The van der Waals surface area contributed by atoms with Crippen LogP contribution in [0.1, 0.15) is 46.0 Å². The van der Waals surface area contributed by atoms with Crippen molar-refractivity contribution in [2.24, 2.45) is 16.3 Å². The van der Waals surface area contributed by atoms with Gasteiger partial charge in [-0.2, -0.15) is 0 Å². The second-order valence-corrected chi connectivity index (χ2v) is 6.46. The Kier molecular flexibility index (Phi) is 4.22. The average molecular weight is 283 g/mol. The summed E-state index contributed by atoms with van der Waals surface area (Å²) in [7, 11) is 0. The van der Waals surface area contributed by atoms with E-state index in [4.69, 9.17) is 15.7 Å². The van der Waals surface area contributed by atoms with Crippen molar-refractivity contribution in [1.82, 2.24) is 4.90 Å². The van der Waals surface area contributed by atoms with Crippen LogP contribution in [-0.4, -0.2) is 47.1 Å². The Balaban J connectivity index is 2.23. The molecule has 0 radical (unpaired) electrons. The van der Waals surface area contributed by atoms with E-state index in [1.807, 2.05) is 18.7 Å². The van der Waals surface area contributed by atoms with E-state index in [2.05, 4.69) is 5.16 Å². The molecule has 0 bridgehead atoms. The van der Waals surface area contributed by atoms with Gasteiger partial charge < -0.3 is 20.6 Å². The fraction of sp³-hybridized carbons (Fsp3) is 0.857. The van der Waals surface area contributed by atoms with Crippen molar-refractivity contribution in [3.63, 3.8) is 0 Å². The third-order valence-corrected chi connectivity index (χ3v) is 4.43. The minimum atomic E-state index is -0.819. The lowest BCUT2D eigenvalue weighted by Gasteiger charge is -2.44. The van der Waals surface area contributed by atoms with Gasteiger partial charge in [0.15, 0.2) is 5.84 Å². The fourth-order valence-corrected chi connectivity index (χ4v) is 3.32. The number of nitrogens with zero attached hydrogens (tertiary/aromatic N) is 2. The number of amides is 1. The lowest BCUT2D eigenvalue weighted by atomic mass is 9.72. The van der Waals surface area contributed by atoms with Gasteiger partial charge in [-0.15, -0.1) is 0 Å². The van der Waals surface area contributed by atoms with Crippen molar-refractivity contribution in [1.29, 1.82) is 0 Å². The van der Waals surface area contributed by atoms with E-state index in [0.717, 1.165) is 19.3 Å². The van der Waals surface area contributed by atoms with E-state index in [1.54, 1.807) is 0 Å². The van der Waals surface area contributed by atoms with Crippen LogP contribution in [0.4, 0.5) is 0 Å². The van der Waals surface area contributed by atoms with Gasteiger partial charge in [0.2, 0.25) is 5.91 Å². The Morgan fingerprint density at radius 3 is 2.50 bits per heavy atom.